The molecule has 230 valence electrons. The van der Waals surface area contributed by atoms with Crippen molar-refractivity contribution < 1.29 is 28.9 Å². The Kier molecular flexibility index (Phi) is 24.0. The first-order valence-electron chi connectivity index (χ1n) is 13.8. The smallest absolute Gasteiger partial charge is 0.254 e. The second-order valence-electron chi connectivity index (χ2n) is 8.48. The summed E-state index contributed by atoms with van der Waals surface area (Å²) in [6.45, 7) is 21.9. The van der Waals surface area contributed by atoms with Crippen molar-refractivity contribution in [2.75, 3.05) is 26.2 Å². The molecule has 0 spiro atoms. The number of thiol groups is 1. The molecule has 0 saturated heterocycles. The minimum atomic E-state index is -2.00. The van der Waals surface area contributed by atoms with Gasteiger partial charge in [0.1, 0.15) is 5.76 Å². The third-order valence-corrected chi connectivity index (χ3v) is 5.62. The first kappa shape index (κ1) is 40.0. The highest BCUT2D eigenvalue weighted by molar-refractivity contribution is 7.84. The summed E-state index contributed by atoms with van der Waals surface area (Å²) in [6, 6.07) is 0. The Hall–Kier alpha value is -3.14. The number of carbonyl (C=O) groups excluding carboxylic acids is 2. The normalized spacial score (nSPS) is 14.0. The Labute approximate surface area is 251 Å². The quantitative estimate of drug-likeness (QED) is 0.0852. The molecule has 2 atom stereocenters. The van der Waals surface area contributed by atoms with Gasteiger partial charge in [0.2, 0.25) is 0 Å². The van der Waals surface area contributed by atoms with E-state index in [1.807, 2.05) is 46.8 Å². The van der Waals surface area contributed by atoms with Crippen LogP contribution in [0.4, 0.5) is 4.39 Å². The number of hydrogen-bond donors (Lipinski definition) is 4. The largest absolute Gasteiger partial charge is 0.494 e. The summed E-state index contributed by atoms with van der Waals surface area (Å²) in [7, 11) is 0. The lowest BCUT2D eigenvalue weighted by atomic mass is 10.0. The number of amides is 2. The number of aliphatic hydroxyl groups is 2. The van der Waals surface area contributed by atoms with Crippen LogP contribution in [-0.2, 0) is 14.3 Å². The lowest BCUT2D eigenvalue weighted by molar-refractivity contribution is -0.152. The second-order valence-corrected chi connectivity index (χ2v) is 9.06. The molecule has 0 saturated carbocycles. The van der Waals surface area contributed by atoms with Crippen molar-refractivity contribution in [3.05, 3.63) is 96.0 Å². The topological polar surface area (TPSA) is 99.1 Å². The maximum absolute atomic E-state index is 12.9. The van der Waals surface area contributed by atoms with Crippen LogP contribution in [-0.4, -0.2) is 65.4 Å². The van der Waals surface area contributed by atoms with Crippen LogP contribution in [0.15, 0.2) is 96.0 Å². The van der Waals surface area contributed by atoms with Crippen molar-refractivity contribution in [1.82, 2.24) is 10.2 Å². The number of rotatable bonds is 19. The van der Waals surface area contributed by atoms with E-state index < -0.39 is 24.0 Å². The molecular weight excluding hydrogens is 543 g/mol. The fourth-order valence-electron chi connectivity index (χ4n) is 3.38. The van der Waals surface area contributed by atoms with E-state index in [-0.39, 0.29) is 19.6 Å². The van der Waals surface area contributed by atoms with Gasteiger partial charge >= 0.3 is 0 Å². The lowest BCUT2D eigenvalue weighted by Gasteiger charge is -2.27. The molecule has 0 fully saturated rings. The van der Waals surface area contributed by atoms with Gasteiger partial charge in [-0.3, -0.25) is 9.59 Å². The summed E-state index contributed by atoms with van der Waals surface area (Å²) in [6.07, 6.45) is 9.36. The summed E-state index contributed by atoms with van der Waals surface area (Å²) in [5, 5.41) is 23.3. The van der Waals surface area contributed by atoms with E-state index in [9.17, 15) is 24.2 Å². The van der Waals surface area contributed by atoms with Crippen molar-refractivity contribution in [3.8, 4) is 0 Å². The van der Waals surface area contributed by atoms with Gasteiger partial charge < -0.3 is 25.2 Å². The number of nitrogens with zero attached hydrogens (tertiary/aromatic N) is 1. The fraction of sp³-hybridized carbons (Fsp3) is 0.438. The van der Waals surface area contributed by atoms with Gasteiger partial charge in [-0.2, -0.15) is 0 Å². The predicted octanol–water partition coefficient (Wildman–Crippen LogP) is 5.89. The molecule has 0 aromatic carbocycles. The number of halogens is 1. The molecule has 7 nitrogen and oxygen atoms in total. The molecular formula is C32H49FN2O5S. The fourth-order valence-corrected chi connectivity index (χ4v) is 3.64. The monoisotopic (exact) mass is 592 g/mol. The number of ether oxygens (including phenoxy) is 1. The maximum atomic E-state index is 12.9. The van der Waals surface area contributed by atoms with Crippen molar-refractivity contribution in [2.24, 2.45) is 0 Å². The summed E-state index contributed by atoms with van der Waals surface area (Å²) >= 11 is 4.38. The zero-order valence-electron chi connectivity index (χ0n) is 25.2. The molecule has 0 radical (unpaired) electrons. The average Bonchev–Trinajstić information content (AvgIpc) is 2.97. The van der Waals surface area contributed by atoms with Crippen molar-refractivity contribution in [2.45, 2.75) is 66.1 Å². The van der Waals surface area contributed by atoms with E-state index in [4.69, 9.17) is 4.74 Å². The highest BCUT2D eigenvalue weighted by atomic mass is 32.1. The van der Waals surface area contributed by atoms with Crippen molar-refractivity contribution in [3.63, 3.8) is 0 Å². The summed E-state index contributed by atoms with van der Waals surface area (Å²) < 4.78 is 18.0. The molecule has 0 aromatic heterocycles. The third kappa shape index (κ3) is 16.7. The number of unbranched alkanes of at least 4 members (excludes halogenated alkanes) is 1. The molecule has 0 aromatic rings. The third-order valence-electron chi connectivity index (χ3n) is 5.33. The highest BCUT2D eigenvalue weighted by Gasteiger charge is 2.33. The number of nitrogens with one attached hydrogen (secondary N) is 1. The molecule has 0 aliphatic carbocycles. The van der Waals surface area contributed by atoms with Gasteiger partial charge in [0, 0.05) is 31.0 Å². The average molecular weight is 593 g/mol. The van der Waals surface area contributed by atoms with Gasteiger partial charge in [0.05, 0.1) is 12.9 Å². The van der Waals surface area contributed by atoms with Crippen LogP contribution in [0.2, 0.25) is 0 Å². The van der Waals surface area contributed by atoms with E-state index in [2.05, 4.69) is 37.7 Å². The molecule has 0 aliphatic heterocycles. The SMILES string of the molecule is C=C/C(=C\C=C\F)CN(CCCC)C(=O)C(O)C(O)C(=O)NC/C(S)=C/C(=C)CC(/C=C\C)=C(/C=C)OCC.CC. The Bertz CT molecular complexity index is 998. The number of carbonyl (C=O) groups is 2. The zero-order chi connectivity index (χ0) is 31.8. The van der Waals surface area contributed by atoms with Gasteiger partial charge in [0.25, 0.3) is 11.8 Å². The first-order valence-corrected chi connectivity index (χ1v) is 14.2. The highest BCUT2D eigenvalue weighted by Crippen LogP contribution is 2.20. The van der Waals surface area contributed by atoms with Gasteiger partial charge in [-0.1, -0.05) is 71.2 Å². The summed E-state index contributed by atoms with van der Waals surface area (Å²) in [4.78, 5) is 27.2. The number of allylic oxidation sites excluding steroid dienone is 8. The van der Waals surface area contributed by atoms with Crippen LogP contribution in [0.5, 0.6) is 0 Å². The van der Waals surface area contributed by atoms with Crippen molar-refractivity contribution >= 4 is 24.4 Å². The van der Waals surface area contributed by atoms with E-state index in [1.165, 1.54) is 17.1 Å². The van der Waals surface area contributed by atoms with Crippen LogP contribution in [0.1, 0.15) is 53.9 Å². The van der Waals surface area contributed by atoms with Crippen LogP contribution in [0.25, 0.3) is 0 Å². The summed E-state index contributed by atoms with van der Waals surface area (Å²) in [5.74, 6) is -1.12. The second kappa shape index (κ2) is 24.6. The molecule has 2 amide bonds. The predicted molar refractivity (Wildman–Crippen MR) is 171 cm³/mol. The minimum Gasteiger partial charge on any atom is -0.494 e. The molecule has 2 unspecified atom stereocenters. The molecule has 0 rings (SSSR count). The van der Waals surface area contributed by atoms with E-state index in [0.717, 1.165) is 18.1 Å². The van der Waals surface area contributed by atoms with Crippen LogP contribution in [0.3, 0.4) is 0 Å². The van der Waals surface area contributed by atoms with E-state index in [0.29, 0.717) is 47.6 Å². The Morgan fingerprint density at radius 3 is 2.32 bits per heavy atom. The van der Waals surface area contributed by atoms with Gasteiger partial charge in [0.15, 0.2) is 12.2 Å². The van der Waals surface area contributed by atoms with Gasteiger partial charge in [-0.05, 0) is 55.2 Å². The number of hydrogen-bond acceptors (Lipinski definition) is 6. The Balaban J connectivity index is 0. The molecule has 9 heteroatoms. The lowest BCUT2D eigenvalue weighted by Crippen LogP contribution is -2.51. The van der Waals surface area contributed by atoms with Crippen LogP contribution < -0.4 is 5.32 Å². The minimum absolute atomic E-state index is 0.0320. The van der Waals surface area contributed by atoms with Gasteiger partial charge in [-0.25, -0.2) is 4.39 Å². The van der Waals surface area contributed by atoms with Crippen LogP contribution in [0, 0.1) is 0 Å². The van der Waals surface area contributed by atoms with E-state index >= 15 is 0 Å². The number of aliphatic hydroxyl groups excluding tert-OH is 2. The molecule has 3 N–H and O–H groups in total. The molecule has 41 heavy (non-hydrogen) atoms. The van der Waals surface area contributed by atoms with Crippen molar-refractivity contribution in [1.29, 1.82) is 0 Å². The molecule has 0 aliphatic rings. The maximum Gasteiger partial charge on any atom is 0.254 e. The molecule has 0 heterocycles. The van der Waals surface area contributed by atoms with E-state index in [1.54, 1.807) is 12.2 Å². The Morgan fingerprint density at radius 1 is 1.15 bits per heavy atom. The molecule has 0 bridgehead atoms. The first-order chi connectivity index (χ1) is 19.6. The summed E-state index contributed by atoms with van der Waals surface area (Å²) in [5.41, 5.74) is 2.09. The van der Waals surface area contributed by atoms with Crippen LogP contribution >= 0.6 is 12.6 Å². The Morgan fingerprint density at radius 2 is 1.80 bits per heavy atom. The standard InChI is InChI=1S/C30H43FN2O5S.C2H6/c1-7-12-17-33(21-23(9-3)15-13-16-31)30(37)28(35)27(34)29(36)32-20-25(39)19-22(6)18-24(14-8-2)26(10-4)38-11-5;1-2/h8-10,13-16,19,27-28,34-35,39H,3-4,6-7,11-12,17-18,20-21H2,1-2,5H3,(H,32,36);1-2H3/b14-8-,16-13+,23-15+,25-19-,26-24-;. The zero-order valence-corrected chi connectivity index (χ0v) is 26.1. The van der Waals surface area contributed by atoms with Gasteiger partial charge in [-0.15, -0.1) is 12.6 Å².